The van der Waals surface area contributed by atoms with Gasteiger partial charge in [0.05, 0.1) is 0 Å². The van der Waals surface area contributed by atoms with Gasteiger partial charge in [0.25, 0.3) is 0 Å². The van der Waals surface area contributed by atoms with Gasteiger partial charge in [-0.1, -0.05) is 37.3 Å². The van der Waals surface area contributed by atoms with E-state index in [0.29, 0.717) is 0 Å². The third kappa shape index (κ3) is 2.33. The van der Waals surface area contributed by atoms with Crippen molar-refractivity contribution >= 4 is 5.97 Å². The van der Waals surface area contributed by atoms with Crippen LogP contribution in [0.25, 0.3) is 0 Å². The van der Waals surface area contributed by atoms with Gasteiger partial charge in [0.15, 0.2) is 0 Å². The zero-order valence-corrected chi connectivity index (χ0v) is 8.18. The van der Waals surface area contributed by atoms with Gasteiger partial charge in [0, 0.05) is 5.92 Å². The Kier molecular flexibility index (Phi) is 3.65. The van der Waals surface area contributed by atoms with Crippen molar-refractivity contribution in [1.29, 1.82) is 0 Å². The van der Waals surface area contributed by atoms with Gasteiger partial charge >= 0.3 is 5.97 Å². The van der Waals surface area contributed by atoms with Crippen LogP contribution in [0.15, 0.2) is 30.3 Å². The van der Waals surface area contributed by atoms with Gasteiger partial charge in [0.1, 0.15) is 6.04 Å². The molecule has 0 aliphatic carbocycles. The zero-order valence-electron chi connectivity index (χ0n) is 8.18. The summed E-state index contributed by atoms with van der Waals surface area (Å²) in [5, 5.41) is 8.82. The summed E-state index contributed by atoms with van der Waals surface area (Å²) in [7, 11) is 0. The molecule has 3 heteroatoms. The molecule has 1 rings (SSSR count). The number of benzene rings is 1. The third-order valence-corrected chi connectivity index (χ3v) is 2.39. The summed E-state index contributed by atoms with van der Waals surface area (Å²) in [6, 6.07) is 8.71. The van der Waals surface area contributed by atoms with E-state index in [9.17, 15) is 4.79 Å². The summed E-state index contributed by atoms with van der Waals surface area (Å²) < 4.78 is 0. The average Bonchev–Trinajstić information content (AvgIpc) is 2.20. The smallest absolute Gasteiger partial charge is 0.321 e. The van der Waals surface area contributed by atoms with Crippen molar-refractivity contribution < 1.29 is 9.90 Å². The van der Waals surface area contributed by atoms with Crippen LogP contribution in [0.5, 0.6) is 0 Å². The van der Waals surface area contributed by atoms with Gasteiger partial charge in [-0.2, -0.15) is 0 Å². The molecule has 1 aromatic rings. The molecule has 3 nitrogen and oxygen atoms in total. The van der Waals surface area contributed by atoms with Crippen molar-refractivity contribution in [3.05, 3.63) is 35.9 Å². The van der Waals surface area contributed by atoms with E-state index in [2.05, 4.69) is 0 Å². The van der Waals surface area contributed by atoms with Crippen molar-refractivity contribution in [3.8, 4) is 0 Å². The van der Waals surface area contributed by atoms with Crippen LogP contribution in [-0.2, 0) is 4.79 Å². The highest BCUT2D eigenvalue weighted by molar-refractivity contribution is 5.74. The fourth-order valence-corrected chi connectivity index (χ4v) is 1.57. The highest BCUT2D eigenvalue weighted by atomic mass is 16.4. The monoisotopic (exact) mass is 193 g/mol. The predicted octanol–water partition coefficient (Wildman–Crippen LogP) is 1.59. The van der Waals surface area contributed by atoms with Crippen LogP contribution in [0.4, 0.5) is 0 Å². The molecule has 2 atom stereocenters. The lowest BCUT2D eigenvalue weighted by atomic mass is 9.90. The lowest BCUT2D eigenvalue weighted by Crippen LogP contribution is -2.36. The first-order valence-electron chi connectivity index (χ1n) is 4.70. The first-order valence-corrected chi connectivity index (χ1v) is 4.70. The number of carbonyl (C=O) groups is 1. The number of carboxylic acid groups (broad SMARTS) is 1. The molecule has 0 aromatic heterocycles. The summed E-state index contributed by atoms with van der Waals surface area (Å²) in [4.78, 5) is 10.7. The molecule has 14 heavy (non-hydrogen) atoms. The molecule has 76 valence electrons. The summed E-state index contributed by atoms with van der Waals surface area (Å²) in [6.45, 7) is 1.94. The quantitative estimate of drug-likeness (QED) is 0.763. The van der Waals surface area contributed by atoms with Gasteiger partial charge < -0.3 is 10.8 Å². The molecular weight excluding hydrogens is 178 g/mol. The lowest BCUT2D eigenvalue weighted by Gasteiger charge is -2.19. The molecule has 0 aliphatic heterocycles. The molecule has 0 saturated heterocycles. The fraction of sp³-hybridized carbons (Fsp3) is 0.364. The number of rotatable bonds is 4. The van der Waals surface area contributed by atoms with Gasteiger partial charge in [-0.25, -0.2) is 0 Å². The van der Waals surface area contributed by atoms with E-state index < -0.39 is 12.0 Å². The molecule has 0 spiro atoms. The van der Waals surface area contributed by atoms with E-state index in [1.807, 2.05) is 37.3 Å². The molecular formula is C11H15NO2. The van der Waals surface area contributed by atoms with Crippen LogP contribution in [-0.4, -0.2) is 17.1 Å². The van der Waals surface area contributed by atoms with Crippen molar-refractivity contribution in [2.45, 2.75) is 25.3 Å². The summed E-state index contributed by atoms with van der Waals surface area (Å²) >= 11 is 0. The van der Waals surface area contributed by atoms with Gasteiger partial charge in [-0.3, -0.25) is 4.79 Å². The first-order chi connectivity index (χ1) is 6.66. The standard InChI is InChI=1S/C11H15NO2/c1-2-9(10(12)11(13)14)8-6-4-3-5-7-8/h3-7,9-10H,2,12H2,1H3,(H,13,14)/t9-,10+/m0/s1. The van der Waals surface area contributed by atoms with E-state index in [1.165, 1.54) is 0 Å². The molecule has 0 heterocycles. The molecule has 0 saturated carbocycles. The predicted molar refractivity (Wildman–Crippen MR) is 55.1 cm³/mol. The maximum absolute atomic E-state index is 10.7. The summed E-state index contributed by atoms with van der Waals surface area (Å²) in [5.41, 5.74) is 6.59. The van der Waals surface area contributed by atoms with E-state index in [0.717, 1.165) is 12.0 Å². The molecule has 0 unspecified atom stereocenters. The van der Waals surface area contributed by atoms with Crippen molar-refractivity contribution in [1.82, 2.24) is 0 Å². The third-order valence-electron chi connectivity index (χ3n) is 2.39. The largest absolute Gasteiger partial charge is 0.480 e. The van der Waals surface area contributed by atoms with Crippen LogP contribution in [0, 0.1) is 0 Å². The van der Waals surface area contributed by atoms with Crippen molar-refractivity contribution in [3.63, 3.8) is 0 Å². The van der Waals surface area contributed by atoms with Crippen LogP contribution in [0.2, 0.25) is 0 Å². The van der Waals surface area contributed by atoms with Gasteiger partial charge in [-0.15, -0.1) is 0 Å². The van der Waals surface area contributed by atoms with E-state index in [-0.39, 0.29) is 5.92 Å². The average molecular weight is 193 g/mol. The molecule has 0 fully saturated rings. The summed E-state index contributed by atoms with van der Waals surface area (Å²) in [5.74, 6) is -1.05. The van der Waals surface area contributed by atoms with E-state index in [4.69, 9.17) is 10.8 Å². The summed E-state index contributed by atoms with van der Waals surface area (Å²) in [6.07, 6.45) is 0.734. The first kappa shape index (κ1) is 10.7. The molecule has 0 aliphatic rings. The van der Waals surface area contributed by atoms with Crippen LogP contribution in [0.3, 0.4) is 0 Å². The molecule has 0 bridgehead atoms. The second kappa shape index (κ2) is 4.77. The Hall–Kier alpha value is -1.35. The number of carboxylic acids is 1. The Balaban J connectivity index is 2.87. The minimum atomic E-state index is -0.944. The highest BCUT2D eigenvalue weighted by Gasteiger charge is 2.23. The number of hydrogen-bond acceptors (Lipinski definition) is 2. The Bertz CT molecular complexity index is 297. The minimum Gasteiger partial charge on any atom is -0.480 e. The molecule has 0 radical (unpaired) electrons. The normalized spacial score (nSPS) is 14.7. The highest BCUT2D eigenvalue weighted by Crippen LogP contribution is 2.21. The molecule has 1 aromatic carbocycles. The zero-order chi connectivity index (χ0) is 10.6. The second-order valence-corrected chi connectivity index (χ2v) is 3.29. The SMILES string of the molecule is CC[C@@H](c1ccccc1)[C@@H](N)C(=O)O. The number of aliphatic carboxylic acids is 1. The Morgan fingerprint density at radius 2 is 2.00 bits per heavy atom. The molecule has 0 amide bonds. The Morgan fingerprint density at radius 1 is 1.43 bits per heavy atom. The maximum Gasteiger partial charge on any atom is 0.321 e. The van der Waals surface area contributed by atoms with Crippen LogP contribution < -0.4 is 5.73 Å². The second-order valence-electron chi connectivity index (χ2n) is 3.29. The van der Waals surface area contributed by atoms with Crippen LogP contribution >= 0.6 is 0 Å². The van der Waals surface area contributed by atoms with Gasteiger partial charge in [0.2, 0.25) is 0 Å². The number of hydrogen-bond donors (Lipinski definition) is 2. The number of nitrogens with two attached hydrogens (primary N) is 1. The van der Waals surface area contributed by atoms with Crippen molar-refractivity contribution in [2.75, 3.05) is 0 Å². The van der Waals surface area contributed by atoms with E-state index in [1.54, 1.807) is 0 Å². The topological polar surface area (TPSA) is 63.3 Å². The van der Waals surface area contributed by atoms with Gasteiger partial charge in [-0.05, 0) is 12.0 Å². The van der Waals surface area contributed by atoms with Crippen molar-refractivity contribution in [2.24, 2.45) is 5.73 Å². The fourth-order valence-electron chi connectivity index (χ4n) is 1.57. The lowest BCUT2D eigenvalue weighted by molar-refractivity contribution is -0.139. The maximum atomic E-state index is 10.7. The Labute approximate surface area is 83.6 Å². The minimum absolute atomic E-state index is 0.103. The van der Waals surface area contributed by atoms with Crippen LogP contribution in [0.1, 0.15) is 24.8 Å². The Morgan fingerprint density at radius 3 is 2.43 bits per heavy atom. The molecule has 3 N–H and O–H groups in total. The van der Waals surface area contributed by atoms with E-state index >= 15 is 0 Å².